The van der Waals surface area contributed by atoms with Crippen molar-refractivity contribution in [3.8, 4) is 0 Å². The molecule has 0 saturated carbocycles. The average Bonchev–Trinajstić information content (AvgIpc) is 2.50. The first-order chi connectivity index (χ1) is 9.90. The number of aromatic nitrogens is 1. The third kappa shape index (κ3) is 3.65. The van der Waals surface area contributed by atoms with Crippen LogP contribution in [-0.4, -0.2) is 4.98 Å². The Balaban J connectivity index is 1.76. The van der Waals surface area contributed by atoms with Crippen LogP contribution in [0.5, 0.6) is 0 Å². The van der Waals surface area contributed by atoms with Crippen LogP contribution in [0.25, 0.3) is 0 Å². The Morgan fingerprint density at radius 1 is 0.550 bits per heavy atom. The molecule has 0 radical (unpaired) electrons. The highest BCUT2D eigenvalue weighted by Gasteiger charge is 2.01. The van der Waals surface area contributed by atoms with Gasteiger partial charge < -0.3 is 0 Å². The van der Waals surface area contributed by atoms with Crippen molar-refractivity contribution in [3.63, 3.8) is 0 Å². The first-order valence-electron chi connectivity index (χ1n) is 6.31. The van der Waals surface area contributed by atoms with Gasteiger partial charge in [0.2, 0.25) is 0 Å². The minimum Gasteiger partial charge on any atom is -0.262 e. The van der Waals surface area contributed by atoms with Gasteiger partial charge in [0.25, 0.3) is 0 Å². The molecule has 0 saturated heterocycles. The van der Waals surface area contributed by atoms with Crippen LogP contribution in [0.1, 0.15) is 0 Å². The van der Waals surface area contributed by atoms with Crippen LogP contribution in [-0.2, 0) is 0 Å². The largest absolute Gasteiger partial charge is 0.262 e. The van der Waals surface area contributed by atoms with Crippen LogP contribution < -0.4 is 0 Å². The molecule has 0 amide bonds. The maximum atomic E-state index is 4.34. The van der Waals surface area contributed by atoms with Crippen LogP contribution >= 0.6 is 23.5 Å². The molecule has 3 rings (SSSR count). The van der Waals surface area contributed by atoms with Gasteiger partial charge in [-0.1, -0.05) is 59.9 Å². The molecule has 0 spiro atoms. The molecule has 1 heterocycles. The molecular formula is C17H13NS2. The van der Waals surface area contributed by atoms with E-state index in [1.807, 2.05) is 24.5 Å². The Labute approximate surface area is 127 Å². The summed E-state index contributed by atoms with van der Waals surface area (Å²) in [5.41, 5.74) is 0. The topological polar surface area (TPSA) is 12.9 Å². The molecule has 0 fully saturated rings. The molecule has 20 heavy (non-hydrogen) atoms. The molecule has 3 heteroatoms. The van der Waals surface area contributed by atoms with Crippen LogP contribution in [0.2, 0.25) is 0 Å². The van der Waals surface area contributed by atoms with Crippen LogP contribution in [0.3, 0.4) is 0 Å². The predicted octanol–water partition coefficient (Wildman–Crippen LogP) is 5.38. The van der Waals surface area contributed by atoms with Gasteiger partial charge in [-0.05, 0) is 30.3 Å². The molecule has 0 atom stereocenters. The zero-order valence-corrected chi connectivity index (χ0v) is 12.4. The Morgan fingerprint density at radius 2 is 1.00 bits per heavy atom. The third-order valence-electron chi connectivity index (χ3n) is 2.65. The van der Waals surface area contributed by atoms with E-state index in [1.165, 1.54) is 9.79 Å². The van der Waals surface area contributed by atoms with Gasteiger partial charge in [-0.3, -0.25) is 4.98 Å². The second-order valence-electron chi connectivity index (χ2n) is 4.19. The van der Waals surface area contributed by atoms with Crippen molar-refractivity contribution in [2.45, 2.75) is 19.6 Å². The van der Waals surface area contributed by atoms with E-state index in [9.17, 15) is 0 Å². The fraction of sp³-hybridized carbons (Fsp3) is 0. The Hall–Kier alpha value is -1.71. The van der Waals surface area contributed by atoms with Gasteiger partial charge in [0.15, 0.2) is 0 Å². The first-order valence-corrected chi connectivity index (χ1v) is 7.94. The van der Waals surface area contributed by atoms with E-state index < -0.39 is 0 Å². The number of hydrogen-bond acceptors (Lipinski definition) is 3. The number of hydrogen-bond donors (Lipinski definition) is 0. The summed E-state index contributed by atoms with van der Waals surface area (Å²) in [7, 11) is 0. The summed E-state index contributed by atoms with van der Waals surface area (Å²) in [5.74, 6) is 0. The third-order valence-corrected chi connectivity index (χ3v) is 4.58. The van der Waals surface area contributed by atoms with E-state index >= 15 is 0 Å². The molecular weight excluding hydrogens is 282 g/mol. The maximum Gasteiger partial charge on any atom is 0.0408 e. The van der Waals surface area contributed by atoms with E-state index in [0.717, 1.165) is 9.79 Å². The first kappa shape index (κ1) is 13.3. The Morgan fingerprint density at radius 3 is 1.45 bits per heavy atom. The van der Waals surface area contributed by atoms with Crippen molar-refractivity contribution in [1.82, 2.24) is 4.98 Å². The number of rotatable bonds is 4. The van der Waals surface area contributed by atoms with Gasteiger partial charge in [-0.15, -0.1) is 0 Å². The molecule has 0 aliphatic heterocycles. The van der Waals surface area contributed by atoms with Crippen molar-refractivity contribution in [2.24, 2.45) is 0 Å². The van der Waals surface area contributed by atoms with Gasteiger partial charge in [0.05, 0.1) is 0 Å². The minimum atomic E-state index is 1.16. The molecule has 0 bridgehead atoms. The molecule has 0 aliphatic rings. The SMILES string of the molecule is c1ccc(Sc2cncc(Sc3ccccc3)c2)cc1. The molecule has 98 valence electrons. The Kier molecular flexibility index (Phi) is 4.41. The Bertz CT molecular complexity index is 612. The van der Waals surface area contributed by atoms with Crippen LogP contribution in [0.15, 0.2) is 98.7 Å². The normalized spacial score (nSPS) is 10.4. The monoisotopic (exact) mass is 295 g/mol. The maximum absolute atomic E-state index is 4.34. The van der Waals surface area contributed by atoms with E-state index in [0.29, 0.717) is 0 Å². The molecule has 1 nitrogen and oxygen atoms in total. The van der Waals surface area contributed by atoms with Gasteiger partial charge in [0.1, 0.15) is 0 Å². The van der Waals surface area contributed by atoms with E-state index in [2.05, 4.69) is 59.6 Å². The number of pyridine rings is 1. The van der Waals surface area contributed by atoms with Crippen molar-refractivity contribution < 1.29 is 0 Å². The highest BCUT2D eigenvalue weighted by molar-refractivity contribution is 8.00. The van der Waals surface area contributed by atoms with E-state index in [4.69, 9.17) is 0 Å². The van der Waals surface area contributed by atoms with Crippen molar-refractivity contribution >= 4 is 23.5 Å². The summed E-state index contributed by atoms with van der Waals surface area (Å²) in [6.07, 6.45) is 3.82. The summed E-state index contributed by atoms with van der Waals surface area (Å²) in [5, 5.41) is 0. The smallest absolute Gasteiger partial charge is 0.0408 e. The molecule has 1 aromatic heterocycles. The molecule has 3 aromatic rings. The van der Waals surface area contributed by atoms with Gasteiger partial charge in [-0.2, -0.15) is 0 Å². The summed E-state index contributed by atoms with van der Waals surface area (Å²) >= 11 is 3.47. The lowest BCUT2D eigenvalue weighted by atomic mass is 10.4. The highest BCUT2D eigenvalue weighted by Crippen LogP contribution is 2.32. The van der Waals surface area contributed by atoms with Gasteiger partial charge >= 0.3 is 0 Å². The quantitative estimate of drug-likeness (QED) is 0.641. The highest BCUT2D eigenvalue weighted by atomic mass is 32.2. The summed E-state index contributed by atoms with van der Waals surface area (Å²) in [6, 6.07) is 22.9. The lowest BCUT2D eigenvalue weighted by Gasteiger charge is -2.04. The number of nitrogens with zero attached hydrogens (tertiary/aromatic N) is 1. The van der Waals surface area contributed by atoms with Crippen LogP contribution in [0, 0.1) is 0 Å². The van der Waals surface area contributed by atoms with Crippen molar-refractivity contribution in [2.75, 3.05) is 0 Å². The van der Waals surface area contributed by atoms with Crippen molar-refractivity contribution in [3.05, 3.63) is 79.1 Å². The minimum absolute atomic E-state index is 1.16. The molecule has 0 N–H and O–H groups in total. The second-order valence-corrected chi connectivity index (χ2v) is 6.48. The molecule has 0 unspecified atom stereocenters. The zero-order chi connectivity index (χ0) is 13.6. The standard InChI is InChI=1S/C17H13NS2/c1-3-7-14(8-4-1)19-16-11-17(13-18-12-16)20-15-9-5-2-6-10-15/h1-13H. The van der Waals surface area contributed by atoms with E-state index in [1.54, 1.807) is 23.5 Å². The zero-order valence-electron chi connectivity index (χ0n) is 10.8. The van der Waals surface area contributed by atoms with Crippen LogP contribution in [0.4, 0.5) is 0 Å². The lowest BCUT2D eigenvalue weighted by Crippen LogP contribution is -1.80. The predicted molar refractivity (Wildman–Crippen MR) is 85.4 cm³/mol. The van der Waals surface area contributed by atoms with E-state index in [-0.39, 0.29) is 0 Å². The molecule has 0 aliphatic carbocycles. The van der Waals surface area contributed by atoms with Gasteiger partial charge in [-0.25, -0.2) is 0 Å². The number of benzene rings is 2. The lowest BCUT2D eigenvalue weighted by molar-refractivity contribution is 1.15. The second kappa shape index (κ2) is 6.64. The summed E-state index contributed by atoms with van der Waals surface area (Å²) < 4.78 is 0. The fourth-order valence-electron chi connectivity index (χ4n) is 1.76. The summed E-state index contributed by atoms with van der Waals surface area (Å²) in [4.78, 5) is 9.13. The summed E-state index contributed by atoms with van der Waals surface area (Å²) in [6.45, 7) is 0. The molecule has 2 aromatic carbocycles. The average molecular weight is 295 g/mol. The fourth-order valence-corrected chi connectivity index (χ4v) is 3.56. The van der Waals surface area contributed by atoms with Crippen molar-refractivity contribution in [1.29, 1.82) is 0 Å². The van der Waals surface area contributed by atoms with Gasteiger partial charge in [0, 0.05) is 32.0 Å².